The maximum atomic E-state index is 12.7. The summed E-state index contributed by atoms with van der Waals surface area (Å²) in [5, 5.41) is 4.20. The van der Waals surface area contributed by atoms with Crippen LogP contribution in [0.25, 0.3) is 11.0 Å². The van der Waals surface area contributed by atoms with Gasteiger partial charge in [0.05, 0.1) is 18.7 Å². The SMILES string of the molecule is Cc1ccc2c(CC(=O)NCC(c3ccccc3)N3CCCC3)coc2c1C. The van der Waals surface area contributed by atoms with Crippen LogP contribution in [0, 0.1) is 13.8 Å². The third-order valence-electron chi connectivity index (χ3n) is 5.95. The van der Waals surface area contributed by atoms with Crippen LogP contribution in [0.15, 0.2) is 53.1 Å². The van der Waals surface area contributed by atoms with E-state index < -0.39 is 0 Å². The van der Waals surface area contributed by atoms with Crippen LogP contribution in [0.2, 0.25) is 0 Å². The van der Waals surface area contributed by atoms with Gasteiger partial charge in [0.1, 0.15) is 5.58 Å². The molecule has 3 aromatic rings. The number of hydrogen-bond donors (Lipinski definition) is 1. The van der Waals surface area contributed by atoms with Crippen molar-refractivity contribution in [3.8, 4) is 0 Å². The topological polar surface area (TPSA) is 45.5 Å². The molecule has 2 heterocycles. The van der Waals surface area contributed by atoms with Gasteiger partial charge in [0.15, 0.2) is 0 Å². The lowest BCUT2D eigenvalue weighted by Crippen LogP contribution is -2.37. The van der Waals surface area contributed by atoms with Crippen molar-refractivity contribution in [2.24, 2.45) is 0 Å². The molecular formula is C24H28N2O2. The number of aryl methyl sites for hydroxylation is 2. The molecule has 1 saturated heterocycles. The van der Waals surface area contributed by atoms with Crippen LogP contribution in [0.5, 0.6) is 0 Å². The molecule has 1 aliphatic heterocycles. The minimum Gasteiger partial charge on any atom is -0.464 e. The summed E-state index contributed by atoms with van der Waals surface area (Å²) in [6, 6.07) is 14.9. The second-order valence-corrected chi connectivity index (χ2v) is 7.80. The third-order valence-corrected chi connectivity index (χ3v) is 5.95. The van der Waals surface area contributed by atoms with E-state index in [1.807, 2.05) is 6.07 Å². The van der Waals surface area contributed by atoms with Gasteiger partial charge in [0.25, 0.3) is 0 Å². The van der Waals surface area contributed by atoms with Crippen molar-refractivity contribution in [1.82, 2.24) is 10.2 Å². The Hall–Kier alpha value is -2.59. The Balaban J connectivity index is 1.45. The lowest BCUT2D eigenvalue weighted by molar-refractivity contribution is -0.120. The van der Waals surface area contributed by atoms with Crippen molar-refractivity contribution in [2.45, 2.75) is 39.2 Å². The van der Waals surface area contributed by atoms with Gasteiger partial charge in [-0.1, -0.05) is 42.5 Å². The van der Waals surface area contributed by atoms with E-state index in [-0.39, 0.29) is 11.9 Å². The molecule has 0 saturated carbocycles. The van der Waals surface area contributed by atoms with Crippen molar-refractivity contribution in [2.75, 3.05) is 19.6 Å². The van der Waals surface area contributed by atoms with Crippen LogP contribution >= 0.6 is 0 Å². The highest BCUT2D eigenvalue weighted by Crippen LogP contribution is 2.27. The van der Waals surface area contributed by atoms with Gasteiger partial charge in [0.2, 0.25) is 5.91 Å². The fourth-order valence-corrected chi connectivity index (χ4v) is 4.16. The standard InChI is InChI=1S/C24H28N2O2/c1-17-10-11-21-20(16-28-24(21)18(17)2)14-23(27)25-15-22(26-12-6-7-13-26)19-8-4-3-5-9-19/h3-5,8-11,16,22H,6-7,12-15H2,1-2H3,(H,25,27). The van der Waals surface area contributed by atoms with Crippen LogP contribution in [0.1, 0.15) is 41.1 Å². The first-order chi connectivity index (χ1) is 13.6. The van der Waals surface area contributed by atoms with Crippen LogP contribution in [0.4, 0.5) is 0 Å². The predicted octanol–water partition coefficient (Wildman–Crippen LogP) is 4.55. The second-order valence-electron chi connectivity index (χ2n) is 7.80. The van der Waals surface area contributed by atoms with Gasteiger partial charge < -0.3 is 9.73 Å². The number of nitrogens with zero attached hydrogens (tertiary/aromatic N) is 1. The predicted molar refractivity (Wildman–Crippen MR) is 112 cm³/mol. The van der Waals surface area contributed by atoms with E-state index in [1.165, 1.54) is 24.0 Å². The van der Waals surface area contributed by atoms with Gasteiger partial charge in [-0.3, -0.25) is 9.69 Å². The number of rotatable bonds is 6. The van der Waals surface area contributed by atoms with Crippen LogP contribution in [-0.4, -0.2) is 30.4 Å². The molecule has 1 aliphatic rings. The number of furan rings is 1. The van der Waals surface area contributed by atoms with Crippen molar-refractivity contribution < 1.29 is 9.21 Å². The highest BCUT2D eigenvalue weighted by molar-refractivity contribution is 5.89. The fraction of sp³-hybridized carbons (Fsp3) is 0.375. The highest BCUT2D eigenvalue weighted by atomic mass is 16.3. The number of benzene rings is 2. The van der Waals surface area contributed by atoms with Crippen LogP contribution in [-0.2, 0) is 11.2 Å². The van der Waals surface area contributed by atoms with Gasteiger partial charge >= 0.3 is 0 Å². The lowest BCUT2D eigenvalue weighted by atomic mass is 10.0. The van der Waals surface area contributed by atoms with E-state index in [4.69, 9.17) is 4.42 Å². The van der Waals surface area contributed by atoms with Crippen molar-refractivity contribution in [3.63, 3.8) is 0 Å². The number of carbonyl (C=O) groups excluding carboxylic acids is 1. The number of nitrogens with one attached hydrogen (secondary N) is 1. The quantitative estimate of drug-likeness (QED) is 0.687. The van der Waals surface area contributed by atoms with E-state index in [0.717, 1.165) is 35.2 Å². The Kier molecular flexibility index (Phi) is 5.49. The molecule has 4 heteroatoms. The zero-order valence-corrected chi connectivity index (χ0v) is 16.7. The number of amides is 1. The summed E-state index contributed by atoms with van der Waals surface area (Å²) in [5.41, 5.74) is 5.45. The van der Waals surface area contributed by atoms with E-state index >= 15 is 0 Å². The molecule has 0 bridgehead atoms. The minimum atomic E-state index is 0.0426. The van der Waals surface area contributed by atoms with Crippen molar-refractivity contribution in [1.29, 1.82) is 0 Å². The third kappa shape index (κ3) is 3.83. The Labute approximate surface area is 166 Å². The summed E-state index contributed by atoms with van der Waals surface area (Å²) in [6.07, 6.45) is 4.54. The van der Waals surface area contributed by atoms with Gasteiger partial charge in [-0.25, -0.2) is 0 Å². The molecule has 1 unspecified atom stereocenters. The number of likely N-dealkylation sites (tertiary alicyclic amines) is 1. The van der Waals surface area contributed by atoms with Crippen molar-refractivity contribution >= 4 is 16.9 Å². The molecule has 0 radical (unpaired) electrons. The normalized spacial score (nSPS) is 15.8. The molecule has 0 aliphatic carbocycles. The second kappa shape index (κ2) is 8.19. The van der Waals surface area contributed by atoms with E-state index in [9.17, 15) is 4.79 Å². The van der Waals surface area contributed by atoms with Crippen LogP contribution < -0.4 is 5.32 Å². The van der Waals surface area contributed by atoms with Crippen LogP contribution in [0.3, 0.4) is 0 Å². The van der Waals surface area contributed by atoms with E-state index in [1.54, 1.807) is 6.26 Å². The summed E-state index contributed by atoms with van der Waals surface area (Å²) in [7, 11) is 0. The lowest BCUT2D eigenvalue weighted by Gasteiger charge is -2.28. The molecule has 1 fully saturated rings. The van der Waals surface area contributed by atoms with Gasteiger partial charge in [-0.15, -0.1) is 0 Å². The number of carbonyl (C=O) groups is 1. The van der Waals surface area contributed by atoms with Gasteiger partial charge in [-0.05, 0) is 56.5 Å². The Morgan fingerprint density at radius 2 is 1.86 bits per heavy atom. The zero-order chi connectivity index (χ0) is 19.5. The number of hydrogen-bond acceptors (Lipinski definition) is 3. The molecule has 28 heavy (non-hydrogen) atoms. The Bertz CT molecular complexity index is 955. The van der Waals surface area contributed by atoms with Gasteiger partial charge in [0, 0.05) is 17.5 Å². The average molecular weight is 377 g/mol. The Morgan fingerprint density at radius 3 is 2.61 bits per heavy atom. The maximum Gasteiger partial charge on any atom is 0.224 e. The molecule has 1 amide bonds. The first kappa shape index (κ1) is 18.8. The number of fused-ring (bicyclic) bond motifs is 1. The average Bonchev–Trinajstić information content (AvgIpc) is 3.37. The molecule has 1 atom stereocenters. The molecule has 146 valence electrons. The minimum absolute atomic E-state index is 0.0426. The monoisotopic (exact) mass is 376 g/mol. The highest BCUT2D eigenvalue weighted by Gasteiger charge is 2.24. The first-order valence-electron chi connectivity index (χ1n) is 10.2. The van der Waals surface area contributed by atoms with Gasteiger partial charge in [-0.2, -0.15) is 0 Å². The Morgan fingerprint density at radius 1 is 1.11 bits per heavy atom. The zero-order valence-electron chi connectivity index (χ0n) is 16.7. The van der Waals surface area contributed by atoms with E-state index in [2.05, 4.69) is 60.5 Å². The summed E-state index contributed by atoms with van der Waals surface area (Å²) in [6.45, 7) is 6.97. The molecule has 1 aromatic heterocycles. The van der Waals surface area contributed by atoms with E-state index in [0.29, 0.717) is 13.0 Å². The molecule has 4 nitrogen and oxygen atoms in total. The molecule has 2 aromatic carbocycles. The maximum absolute atomic E-state index is 12.7. The summed E-state index contributed by atoms with van der Waals surface area (Å²) in [4.78, 5) is 15.2. The molecule has 1 N–H and O–H groups in total. The first-order valence-corrected chi connectivity index (χ1v) is 10.2. The largest absolute Gasteiger partial charge is 0.464 e. The summed E-state index contributed by atoms with van der Waals surface area (Å²) in [5.74, 6) is 0.0426. The smallest absolute Gasteiger partial charge is 0.224 e. The molecule has 0 spiro atoms. The fourth-order valence-electron chi connectivity index (χ4n) is 4.16. The summed E-state index contributed by atoms with van der Waals surface area (Å²) < 4.78 is 5.75. The molecule has 4 rings (SSSR count). The summed E-state index contributed by atoms with van der Waals surface area (Å²) >= 11 is 0. The van der Waals surface area contributed by atoms with Crippen molar-refractivity contribution in [3.05, 3.63) is 71.0 Å². The molecular weight excluding hydrogens is 348 g/mol.